The van der Waals surface area contributed by atoms with Crippen molar-refractivity contribution < 1.29 is 12.8 Å². The maximum absolute atomic E-state index is 12.7. The van der Waals surface area contributed by atoms with Crippen LogP contribution in [0.1, 0.15) is 31.9 Å². The fourth-order valence-electron chi connectivity index (χ4n) is 1.53. The number of nitrogens with zero attached hydrogens (tertiary/aromatic N) is 1. The largest absolute Gasteiger partial charge is 0.228 e. The van der Waals surface area contributed by atoms with Crippen molar-refractivity contribution >= 4 is 10.0 Å². The lowest BCUT2D eigenvalue weighted by Gasteiger charge is -2.16. The van der Waals surface area contributed by atoms with Crippen molar-refractivity contribution in [2.24, 2.45) is 0 Å². The predicted octanol–water partition coefficient (Wildman–Crippen LogP) is 2.11. The molecule has 2 atom stereocenters. The lowest BCUT2D eigenvalue weighted by molar-refractivity contribution is 0.558. The second-order valence-electron chi connectivity index (χ2n) is 3.96. The molecule has 6 heteroatoms. The van der Waals surface area contributed by atoms with Crippen LogP contribution in [-0.2, 0) is 10.0 Å². The fourth-order valence-corrected chi connectivity index (χ4v) is 2.90. The van der Waals surface area contributed by atoms with Gasteiger partial charge in [0, 0.05) is 6.04 Å². The number of hydrogen-bond acceptors (Lipinski definition) is 3. The van der Waals surface area contributed by atoms with E-state index in [2.05, 4.69) is 4.72 Å². The minimum atomic E-state index is -3.68. The molecule has 0 aromatic heterocycles. The van der Waals surface area contributed by atoms with Gasteiger partial charge >= 0.3 is 0 Å². The van der Waals surface area contributed by atoms with Crippen LogP contribution in [0.25, 0.3) is 0 Å². The third kappa shape index (κ3) is 3.52. The van der Waals surface area contributed by atoms with Gasteiger partial charge < -0.3 is 0 Å². The summed E-state index contributed by atoms with van der Waals surface area (Å²) in [5, 5.41) is 7.69. The van der Waals surface area contributed by atoms with Crippen molar-refractivity contribution in [3.8, 4) is 6.07 Å². The summed E-state index contributed by atoms with van der Waals surface area (Å²) in [6, 6.07) is 6.80. The van der Waals surface area contributed by atoms with Crippen LogP contribution in [0.15, 0.2) is 24.3 Å². The van der Waals surface area contributed by atoms with Gasteiger partial charge in [0.05, 0.1) is 6.07 Å². The second-order valence-corrected chi connectivity index (χ2v) is 5.86. The first-order chi connectivity index (χ1) is 8.40. The molecule has 0 aliphatic carbocycles. The van der Waals surface area contributed by atoms with Crippen LogP contribution in [0.4, 0.5) is 4.39 Å². The van der Waals surface area contributed by atoms with E-state index in [4.69, 9.17) is 5.26 Å². The van der Waals surface area contributed by atoms with E-state index in [-0.39, 0.29) is 12.2 Å². The number of rotatable bonds is 5. The molecule has 1 aromatic carbocycles. The van der Waals surface area contributed by atoms with Gasteiger partial charge in [-0.3, -0.25) is 0 Å². The number of sulfonamides is 1. The summed E-state index contributed by atoms with van der Waals surface area (Å²) in [5.74, 6) is -0.378. The zero-order valence-corrected chi connectivity index (χ0v) is 11.0. The normalized spacial score (nSPS) is 14.8. The number of nitrogens with one attached hydrogen (secondary N) is 1. The van der Waals surface area contributed by atoms with Crippen LogP contribution < -0.4 is 4.72 Å². The second kappa shape index (κ2) is 5.94. The number of nitriles is 1. The van der Waals surface area contributed by atoms with Crippen molar-refractivity contribution in [2.45, 2.75) is 31.6 Å². The minimum absolute atomic E-state index is 0.224. The molecule has 18 heavy (non-hydrogen) atoms. The molecule has 0 fully saturated rings. The smallest absolute Gasteiger partial charge is 0.211 e. The highest BCUT2D eigenvalue weighted by molar-refractivity contribution is 7.90. The lowest BCUT2D eigenvalue weighted by atomic mass is 10.1. The van der Waals surface area contributed by atoms with Gasteiger partial charge in [-0.1, -0.05) is 19.1 Å². The lowest BCUT2D eigenvalue weighted by Crippen LogP contribution is -2.34. The SMILES string of the molecule is CCC(C#N)S(=O)(=O)NC(C)c1ccc(F)cc1. The molecule has 0 spiro atoms. The van der Waals surface area contributed by atoms with Gasteiger partial charge in [-0.2, -0.15) is 5.26 Å². The van der Waals surface area contributed by atoms with Crippen LogP contribution >= 0.6 is 0 Å². The molecule has 1 N–H and O–H groups in total. The average molecular weight is 270 g/mol. The van der Waals surface area contributed by atoms with E-state index in [0.29, 0.717) is 5.56 Å². The molecule has 0 aliphatic rings. The summed E-state index contributed by atoms with van der Waals surface area (Å²) < 4.78 is 38.8. The summed E-state index contributed by atoms with van der Waals surface area (Å²) >= 11 is 0. The van der Waals surface area contributed by atoms with Crippen molar-refractivity contribution in [3.05, 3.63) is 35.6 Å². The van der Waals surface area contributed by atoms with Gasteiger partial charge in [0.1, 0.15) is 5.82 Å². The van der Waals surface area contributed by atoms with Gasteiger partial charge in [-0.25, -0.2) is 17.5 Å². The van der Waals surface area contributed by atoms with E-state index < -0.39 is 21.3 Å². The molecule has 0 saturated heterocycles. The molecule has 0 bridgehead atoms. The monoisotopic (exact) mass is 270 g/mol. The predicted molar refractivity (Wildman–Crippen MR) is 66.6 cm³/mol. The topological polar surface area (TPSA) is 70.0 Å². The van der Waals surface area contributed by atoms with Crippen molar-refractivity contribution in [1.82, 2.24) is 4.72 Å². The highest BCUT2D eigenvalue weighted by Crippen LogP contribution is 2.15. The Balaban J connectivity index is 2.85. The first-order valence-electron chi connectivity index (χ1n) is 5.57. The Morgan fingerprint density at radius 1 is 1.39 bits per heavy atom. The molecule has 98 valence electrons. The van der Waals surface area contributed by atoms with Crippen LogP contribution in [0.3, 0.4) is 0 Å². The van der Waals surface area contributed by atoms with Crippen molar-refractivity contribution in [2.75, 3.05) is 0 Å². The third-order valence-electron chi connectivity index (χ3n) is 2.60. The van der Waals surface area contributed by atoms with Gasteiger partial charge in [0.25, 0.3) is 0 Å². The Kier molecular flexibility index (Phi) is 4.82. The number of halogens is 1. The summed E-state index contributed by atoms with van der Waals surface area (Å²) in [4.78, 5) is 0. The highest BCUT2D eigenvalue weighted by Gasteiger charge is 2.25. The van der Waals surface area contributed by atoms with E-state index in [1.54, 1.807) is 19.9 Å². The van der Waals surface area contributed by atoms with Crippen LogP contribution in [0, 0.1) is 17.1 Å². The maximum Gasteiger partial charge on any atom is 0.228 e. The Morgan fingerprint density at radius 2 is 1.94 bits per heavy atom. The molecule has 1 aromatic rings. The molecule has 2 unspecified atom stereocenters. The Bertz CT molecular complexity index is 534. The molecule has 1 rings (SSSR count). The van der Waals surface area contributed by atoms with E-state index in [1.165, 1.54) is 24.3 Å². The zero-order valence-electron chi connectivity index (χ0n) is 10.2. The Morgan fingerprint density at radius 3 is 2.39 bits per heavy atom. The molecule has 0 saturated carbocycles. The average Bonchev–Trinajstić information content (AvgIpc) is 2.30. The molecule has 0 radical (unpaired) electrons. The van der Waals surface area contributed by atoms with Crippen LogP contribution in [0.2, 0.25) is 0 Å². The van der Waals surface area contributed by atoms with Gasteiger partial charge in [-0.15, -0.1) is 0 Å². The summed E-state index contributed by atoms with van der Waals surface area (Å²) in [5.41, 5.74) is 0.646. The van der Waals surface area contributed by atoms with Gasteiger partial charge in [-0.05, 0) is 31.0 Å². The molecular weight excluding hydrogens is 255 g/mol. The quantitative estimate of drug-likeness (QED) is 0.890. The van der Waals surface area contributed by atoms with Crippen LogP contribution in [0.5, 0.6) is 0 Å². The van der Waals surface area contributed by atoms with E-state index in [9.17, 15) is 12.8 Å². The molecule has 0 amide bonds. The maximum atomic E-state index is 12.7. The first kappa shape index (κ1) is 14.6. The van der Waals surface area contributed by atoms with E-state index >= 15 is 0 Å². The molecule has 4 nitrogen and oxygen atoms in total. The summed E-state index contributed by atoms with van der Waals surface area (Å²) in [7, 11) is -3.68. The van der Waals surface area contributed by atoms with Gasteiger partial charge in [0.15, 0.2) is 5.25 Å². The molecule has 0 heterocycles. The van der Waals surface area contributed by atoms with E-state index in [1.807, 2.05) is 0 Å². The Hall–Kier alpha value is -1.45. The van der Waals surface area contributed by atoms with Crippen molar-refractivity contribution in [3.63, 3.8) is 0 Å². The number of benzene rings is 1. The third-order valence-corrected chi connectivity index (χ3v) is 4.47. The standard InChI is InChI=1S/C12H15FN2O2S/c1-3-12(8-14)18(16,17)15-9(2)10-4-6-11(13)7-5-10/h4-7,9,12,15H,3H2,1-2H3. The first-order valence-corrected chi connectivity index (χ1v) is 7.11. The molecular formula is C12H15FN2O2S. The van der Waals surface area contributed by atoms with E-state index in [0.717, 1.165) is 0 Å². The number of hydrogen-bond donors (Lipinski definition) is 1. The summed E-state index contributed by atoms with van der Waals surface area (Å²) in [6.45, 7) is 3.28. The van der Waals surface area contributed by atoms with Crippen molar-refractivity contribution in [1.29, 1.82) is 5.26 Å². The van der Waals surface area contributed by atoms with Gasteiger partial charge in [0.2, 0.25) is 10.0 Å². The van der Waals surface area contributed by atoms with Crippen LogP contribution in [-0.4, -0.2) is 13.7 Å². The fraction of sp³-hybridized carbons (Fsp3) is 0.417. The Labute approximate surface area is 106 Å². The minimum Gasteiger partial charge on any atom is -0.211 e. The molecule has 0 aliphatic heterocycles. The zero-order chi connectivity index (χ0) is 13.8. The summed E-state index contributed by atoms with van der Waals surface area (Å²) in [6.07, 6.45) is 0.224. The highest BCUT2D eigenvalue weighted by atomic mass is 32.2.